The summed E-state index contributed by atoms with van der Waals surface area (Å²) in [5, 5.41) is 16.8. The highest BCUT2D eigenvalue weighted by atomic mass is 32.2. The summed E-state index contributed by atoms with van der Waals surface area (Å²) in [7, 11) is 0. The van der Waals surface area contributed by atoms with Crippen molar-refractivity contribution in [2.75, 3.05) is 18.5 Å². The fourth-order valence-corrected chi connectivity index (χ4v) is 3.92. The Bertz CT molecular complexity index is 1260. The van der Waals surface area contributed by atoms with Crippen LogP contribution in [-0.4, -0.2) is 45.7 Å². The monoisotopic (exact) mass is 475 g/mol. The zero-order chi connectivity index (χ0) is 23.8. The second-order valence-corrected chi connectivity index (χ2v) is 8.06. The van der Waals surface area contributed by atoms with E-state index in [9.17, 15) is 9.59 Å². The Balaban J connectivity index is 1.43. The Morgan fingerprint density at radius 1 is 1.03 bits per heavy atom. The van der Waals surface area contributed by atoms with Gasteiger partial charge in [-0.05, 0) is 59.8 Å². The quantitative estimate of drug-likeness (QED) is 0.346. The van der Waals surface area contributed by atoms with Crippen molar-refractivity contribution in [1.82, 2.24) is 20.6 Å². The van der Waals surface area contributed by atoms with Crippen molar-refractivity contribution in [3.05, 3.63) is 78.4 Å². The fourth-order valence-electron chi connectivity index (χ4n) is 3.01. The van der Waals surface area contributed by atoms with Crippen LogP contribution in [0.25, 0.3) is 11.4 Å². The summed E-state index contributed by atoms with van der Waals surface area (Å²) in [6.45, 7) is 1.79. The van der Waals surface area contributed by atoms with Crippen LogP contribution in [0, 0.1) is 0 Å². The molecule has 0 saturated carbocycles. The lowest BCUT2D eigenvalue weighted by Gasteiger charge is -2.12. The number of ether oxygens (including phenoxy) is 2. The van der Waals surface area contributed by atoms with Gasteiger partial charge in [-0.3, -0.25) is 4.79 Å². The summed E-state index contributed by atoms with van der Waals surface area (Å²) in [6.07, 6.45) is 0. The van der Waals surface area contributed by atoms with E-state index in [2.05, 4.69) is 25.9 Å². The zero-order valence-electron chi connectivity index (χ0n) is 18.2. The summed E-state index contributed by atoms with van der Waals surface area (Å²) in [5.74, 6) is 0.250. The maximum Gasteiger partial charge on any atom is 0.344 e. The lowest BCUT2D eigenvalue weighted by molar-refractivity contribution is -0.145. The second-order valence-electron chi connectivity index (χ2n) is 6.95. The van der Waals surface area contributed by atoms with Gasteiger partial charge in [0.2, 0.25) is 0 Å². The van der Waals surface area contributed by atoms with Gasteiger partial charge in [-0.25, -0.2) is 9.89 Å². The average molecular weight is 476 g/mol. The highest BCUT2D eigenvalue weighted by Gasteiger charge is 2.12. The first-order valence-electron chi connectivity index (χ1n) is 10.4. The zero-order valence-corrected chi connectivity index (χ0v) is 19.0. The van der Waals surface area contributed by atoms with Crippen LogP contribution in [0.1, 0.15) is 17.3 Å². The predicted octanol–water partition coefficient (Wildman–Crippen LogP) is 4.21. The molecule has 0 bridgehead atoms. The van der Waals surface area contributed by atoms with Crippen LogP contribution < -0.4 is 10.1 Å². The largest absolute Gasteiger partial charge is 0.482 e. The molecule has 172 valence electrons. The fraction of sp³-hybridized carbons (Fsp3) is 0.125. The third-order valence-corrected chi connectivity index (χ3v) is 5.68. The molecule has 0 spiro atoms. The van der Waals surface area contributed by atoms with Gasteiger partial charge < -0.3 is 14.8 Å². The number of hydrogen-bond acceptors (Lipinski definition) is 8. The molecular weight excluding hydrogens is 454 g/mol. The van der Waals surface area contributed by atoms with Crippen molar-refractivity contribution in [2.24, 2.45) is 0 Å². The molecule has 10 heteroatoms. The van der Waals surface area contributed by atoms with E-state index in [1.807, 2.05) is 48.5 Å². The SMILES string of the molecule is CCOC(=O)COc1cccc(C(=O)Nc2ccccc2Sc2ccc(-c3nnn[nH]3)cc2)c1. The normalized spacial score (nSPS) is 10.5. The number of carbonyl (C=O) groups excluding carboxylic acids is 2. The molecule has 0 fully saturated rings. The first-order valence-corrected chi connectivity index (χ1v) is 11.2. The molecule has 0 saturated heterocycles. The Morgan fingerprint density at radius 2 is 1.85 bits per heavy atom. The first kappa shape index (κ1) is 23.0. The van der Waals surface area contributed by atoms with Crippen molar-refractivity contribution in [3.63, 3.8) is 0 Å². The Kier molecular flexibility index (Phi) is 7.51. The van der Waals surface area contributed by atoms with Gasteiger partial charge in [0.1, 0.15) is 5.75 Å². The van der Waals surface area contributed by atoms with Crippen molar-refractivity contribution in [2.45, 2.75) is 16.7 Å². The second kappa shape index (κ2) is 11.1. The predicted molar refractivity (Wildman–Crippen MR) is 127 cm³/mol. The van der Waals surface area contributed by atoms with E-state index in [4.69, 9.17) is 9.47 Å². The maximum atomic E-state index is 12.9. The van der Waals surface area contributed by atoms with Gasteiger partial charge in [0.25, 0.3) is 5.91 Å². The Morgan fingerprint density at radius 3 is 2.62 bits per heavy atom. The van der Waals surface area contributed by atoms with E-state index >= 15 is 0 Å². The minimum absolute atomic E-state index is 0.218. The van der Waals surface area contributed by atoms with E-state index < -0.39 is 5.97 Å². The number of anilines is 1. The lowest BCUT2D eigenvalue weighted by atomic mass is 10.2. The number of H-pyrrole nitrogens is 1. The number of aromatic nitrogens is 4. The lowest BCUT2D eigenvalue weighted by Crippen LogP contribution is -2.15. The summed E-state index contributed by atoms with van der Waals surface area (Å²) < 4.78 is 10.3. The Hall–Kier alpha value is -4.18. The molecule has 9 nitrogen and oxygen atoms in total. The minimum atomic E-state index is -0.464. The molecular formula is C24H21N5O4S. The van der Waals surface area contributed by atoms with Crippen LogP contribution in [-0.2, 0) is 9.53 Å². The van der Waals surface area contributed by atoms with Crippen molar-refractivity contribution >= 4 is 29.3 Å². The average Bonchev–Trinajstić information content (AvgIpc) is 3.40. The number of nitrogens with one attached hydrogen (secondary N) is 2. The molecule has 3 aromatic carbocycles. The highest BCUT2D eigenvalue weighted by molar-refractivity contribution is 7.99. The third kappa shape index (κ3) is 5.99. The van der Waals surface area contributed by atoms with Gasteiger partial charge in [0.05, 0.1) is 12.3 Å². The summed E-state index contributed by atoms with van der Waals surface area (Å²) in [4.78, 5) is 26.3. The van der Waals surface area contributed by atoms with Crippen molar-refractivity contribution in [1.29, 1.82) is 0 Å². The molecule has 34 heavy (non-hydrogen) atoms. The molecule has 0 atom stereocenters. The van der Waals surface area contributed by atoms with Gasteiger partial charge in [-0.2, -0.15) is 0 Å². The van der Waals surface area contributed by atoms with Crippen LogP contribution >= 0.6 is 11.8 Å². The molecule has 0 radical (unpaired) electrons. The van der Waals surface area contributed by atoms with E-state index in [-0.39, 0.29) is 19.1 Å². The number of para-hydroxylation sites is 1. The molecule has 0 unspecified atom stereocenters. The number of tetrazole rings is 1. The number of carbonyl (C=O) groups is 2. The number of amides is 1. The topological polar surface area (TPSA) is 119 Å². The molecule has 2 N–H and O–H groups in total. The smallest absolute Gasteiger partial charge is 0.344 e. The van der Waals surface area contributed by atoms with Crippen LogP contribution in [0.3, 0.4) is 0 Å². The summed E-state index contributed by atoms with van der Waals surface area (Å²) in [5.41, 5.74) is 1.96. The molecule has 1 heterocycles. The first-order chi connectivity index (χ1) is 16.6. The number of rotatable bonds is 9. The van der Waals surface area contributed by atoms with Gasteiger partial charge in [-0.1, -0.05) is 42.1 Å². The number of benzene rings is 3. The number of nitrogens with zero attached hydrogens (tertiary/aromatic N) is 3. The molecule has 1 aromatic heterocycles. The number of hydrogen-bond donors (Lipinski definition) is 2. The van der Waals surface area contributed by atoms with Crippen LogP contribution in [0.5, 0.6) is 5.75 Å². The van der Waals surface area contributed by atoms with E-state index in [1.165, 1.54) is 11.8 Å². The molecule has 0 aliphatic rings. The summed E-state index contributed by atoms with van der Waals surface area (Å²) in [6, 6.07) is 22.0. The maximum absolute atomic E-state index is 12.9. The summed E-state index contributed by atoms with van der Waals surface area (Å²) >= 11 is 1.52. The molecule has 1 amide bonds. The van der Waals surface area contributed by atoms with Crippen molar-refractivity contribution < 1.29 is 19.1 Å². The van der Waals surface area contributed by atoms with Gasteiger partial charge in [0.15, 0.2) is 12.4 Å². The number of aromatic amines is 1. The Labute approximate surface area is 199 Å². The van der Waals surface area contributed by atoms with E-state index in [0.29, 0.717) is 22.8 Å². The van der Waals surface area contributed by atoms with Gasteiger partial charge in [-0.15, -0.1) is 5.10 Å². The van der Waals surface area contributed by atoms with Gasteiger partial charge in [0, 0.05) is 20.9 Å². The molecule has 4 rings (SSSR count). The highest BCUT2D eigenvalue weighted by Crippen LogP contribution is 2.34. The van der Waals surface area contributed by atoms with Crippen LogP contribution in [0.15, 0.2) is 82.6 Å². The standard InChI is InChI=1S/C24H21N5O4S/c1-2-32-22(30)15-33-18-7-5-6-17(14-18)24(31)25-20-8-3-4-9-21(20)34-19-12-10-16(11-13-19)23-26-28-29-27-23/h3-14H,2,15H2,1H3,(H,25,31)(H,26,27,28,29). The van der Waals surface area contributed by atoms with Crippen LogP contribution in [0.2, 0.25) is 0 Å². The molecule has 0 aliphatic carbocycles. The van der Waals surface area contributed by atoms with Gasteiger partial charge >= 0.3 is 5.97 Å². The number of esters is 1. The van der Waals surface area contributed by atoms with Crippen LogP contribution in [0.4, 0.5) is 5.69 Å². The minimum Gasteiger partial charge on any atom is -0.482 e. The van der Waals surface area contributed by atoms with E-state index in [0.717, 1.165) is 15.4 Å². The molecule has 4 aromatic rings. The third-order valence-electron chi connectivity index (χ3n) is 4.59. The molecule has 0 aliphatic heterocycles. The van der Waals surface area contributed by atoms with E-state index in [1.54, 1.807) is 31.2 Å². The van der Waals surface area contributed by atoms with Crippen molar-refractivity contribution in [3.8, 4) is 17.1 Å².